The third-order valence-corrected chi connectivity index (χ3v) is 5.35. The molecule has 1 amide bonds. The van der Waals surface area contributed by atoms with Crippen molar-refractivity contribution in [3.05, 3.63) is 36.2 Å². The number of alkyl halides is 3. The van der Waals surface area contributed by atoms with Gasteiger partial charge in [0.2, 0.25) is 5.91 Å². The lowest BCUT2D eigenvalue weighted by Crippen LogP contribution is -2.49. The SMILES string of the molecule is CN(C(=O)Cc1nnc(-c2ccccc2)n1C)[C@H]1CCCC[C@H]1C(F)(F)F. The third-order valence-electron chi connectivity index (χ3n) is 5.35. The van der Waals surface area contributed by atoms with Crippen LogP contribution in [-0.4, -0.2) is 44.8 Å². The topological polar surface area (TPSA) is 51.0 Å². The number of aromatic nitrogens is 3. The number of amides is 1. The lowest BCUT2D eigenvalue weighted by Gasteiger charge is -2.38. The van der Waals surface area contributed by atoms with Gasteiger partial charge in [0.05, 0.1) is 12.3 Å². The van der Waals surface area contributed by atoms with Gasteiger partial charge in [0, 0.05) is 25.7 Å². The van der Waals surface area contributed by atoms with E-state index in [-0.39, 0.29) is 18.7 Å². The van der Waals surface area contributed by atoms with E-state index in [1.165, 1.54) is 11.9 Å². The molecule has 146 valence electrons. The fourth-order valence-electron chi connectivity index (χ4n) is 3.76. The molecule has 1 aromatic carbocycles. The summed E-state index contributed by atoms with van der Waals surface area (Å²) in [6.45, 7) is 0. The number of halogens is 3. The Hall–Kier alpha value is -2.38. The fraction of sp³-hybridized carbons (Fsp3) is 0.526. The number of rotatable bonds is 4. The van der Waals surface area contributed by atoms with E-state index in [0.29, 0.717) is 30.9 Å². The van der Waals surface area contributed by atoms with Crippen LogP contribution in [-0.2, 0) is 18.3 Å². The van der Waals surface area contributed by atoms with Crippen LogP contribution in [0.2, 0.25) is 0 Å². The van der Waals surface area contributed by atoms with E-state index in [9.17, 15) is 18.0 Å². The van der Waals surface area contributed by atoms with Crippen LogP contribution >= 0.6 is 0 Å². The molecule has 0 N–H and O–H groups in total. The molecule has 0 saturated heterocycles. The molecule has 1 heterocycles. The second kappa shape index (κ2) is 7.70. The molecule has 5 nitrogen and oxygen atoms in total. The first kappa shape index (κ1) is 19.4. The van der Waals surface area contributed by atoms with Gasteiger partial charge in [0.25, 0.3) is 0 Å². The second-order valence-corrected chi connectivity index (χ2v) is 7.05. The molecule has 0 spiro atoms. The van der Waals surface area contributed by atoms with Crippen LogP contribution in [0.15, 0.2) is 30.3 Å². The molecule has 27 heavy (non-hydrogen) atoms. The van der Waals surface area contributed by atoms with Crippen molar-refractivity contribution in [2.75, 3.05) is 7.05 Å². The molecule has 1 aromatic heterocycles. The minimum atomic E-state index is -4.29. The number of hydrogen-bond donors (Lipinski definition) is 0. The molecular weight excluding hydrogens is 357 g/mol. The summed E-state index contributed by atoms with van der Waals surface area (Å²) in [5.41, 5.74) is 0.865. The number of likely N-dealkylation sites (N-methyl/N-ethyl adjacent to an activating group) is 1. The molecule has 1 aliphatic carbocycles. The van der Waals surface area contributed by atoms with Crippen molar-refractivity contribution in [1.82, 2.24) is 19.7 Å². The quantitative estimate of drug-likeness (QED) is 0.814. The lowest BCUT2D eigenvalue weighted by atomic mass is 9.83. The van der Waals surface area contributed by atoms with Crippen molar-refractivity contribution in [1.29, 1.82) is 0 Å². The molecule has 0 bridgehead atoms. The van der Waals surface area contributed by atoms with Gasteiger partial charge in [-0.2, -0.15) is 13.2 Å². The first-order valence-electron chi connectivity index (χ1n) is 9.05. The largest absolute Gasteiger partial charge is 0.393 e. The average Bonchev–Trinajstić information content (AvgIpc) is 3.01. The van der Waals surface area contributed by atoms with Gasteiger partial charge >= 0.3 is 6.18 Å². The molecule has 1 saturated carbocycles. The zero-order valence-electron chi connectivity index (χ0n) is 15.4. The lowest BCUT2D eigenvalue weighted by molar-refractivity contribution is -0.198. The van der Waals surface area contributed by atoms with E-state index in [2.05, 4.69) is 10.2 Å². The summed E-state index contributed by atoms with van der Waals surface area (Å²) in [7, 11) is 3.22. The highest BCUT2D eigenvalue weighted by atomic mass is 19.4. The predicted octanol–water partition coefficient (Wildman–Crippen LogP) is 3.60. The van der Waals surface area contributed by atoms with Crippen LogP contribution in [0.25, 0.3) is 11.4 Å². The van der Waals surface area contributed by atoms with Gasteiger partial charge in [0.15, 0.2) is 5.82 Å². The van der Waals surface area contributed by atoms with E-state index in [0.717, 1.165) is 5.56 Å². The normalized spacial score (nSPS) is 20.5. The molecule has 0 unspecified atom stereocenters. The van der Waals surface area contributed by atoms with E-state index >= 15 is 0 Å². The zero-order chi connectivity index (χ0) is 19.6. The highest BCUT2D eigenvalue weighted by Gasteiger charge is 2.47. The van der Waals surface area contributed by atoms with Crippen molar-refractivity contribution in [3.8, 4) is 11.4 Å². The first-order valence-corrected chi connectivity index (χ1v) is 9.05. The minimum absolute atomic E-state index is 0.0755. The Morgan fingerprint density at radius 1 is 1.19 bits per heavy atom. The van der Waals surface area contributed by atoms with Crippen molar-refractivity contribution >= 4 is 5.91 Å². The molecule has 2 aromatic rings. The predicted molar refractivity (Wildman–Crippen MR) is 94.7 cm³/mol. The molecule has 0 radical (unpaired) electrons. The standard InChI is InChI=1S/C19H23F3N4O/c1-25(15-11-7-6-10-14(15)19(20,21)22)17(27)12-16-23-24-18(26(16)2)13-8-4-3-5-9-13/h3-5,8-9,14-15H,6-7,10-12H2,1-2H3/t14-,15+/m1/s1. The molecule has 8 heteroatoms. The van der Waals surface area contributed by atoms with Crippen molar-refractivity contribution in [2.45, 2.75) is 44.3 Å². The smallest absolute Gasteiger partial charge is 0.342 e. The van der Waals surface area contributed by atoms with Crippen LogP contribution in [0.4, 0.5) is 13.2 Å². The summed E-state index contributed by atoms with van der Waals surface area (Å²) in [5.74, 6) is -0.775. The van der Waals surface area contributed by atoms with E-state index in [1.54, 1.807) is 11.6 Å². The summed E-state index contributed by atoms with van der Waals surface area (Å²) in [6.07, 6.45) is -2.66. The van der Waals surface area contributed by atoms with Gasteiger partial charge in [0.1, 0.15) is 5.82 Å². The van der Waals surface area contributed by atoms with Gasteiger partial charge in [-0.15, -0.1) is 10.2 Å². The Bertz CT molecular complexity index is 788. The van der Waals surface area contributed by atoms with E-state index in [4.69, 9.17) is 0 Å². The van der Waals surface area contributed by atoms with Gasteiger partial charge in [-0.1, -0.05) is 43.2 Å². The van der Waals surface area contributed by atoms with E-state index < -0.39 is 18.1 Å². The van der Waals surface area contributed by atoms with E-state index in [1.807, 2.05) is 30.3 Å². The van der Waals surface area contributed by atoms with Crippen LogP contribution < -0.4 is 0 Å². The Morgan fingerprint density at radius 2 is 1.85 bits per heavy atom. The maximum Gasteiger partial charge on any atom is 0.393 e. The summed E-state index contributed by atoms with van der Waals surface area (Å²) in [6, 6.07) is 8.61. The van der Waals surface area contributed by atoms with Gasteiger partial charge < -0.3 is 9.47 Å². The fourth-order valence-corrected chi connectivity index (χ4v) is 3.76. The maximum atomic E-state index is 13.3. The second-order valence-electron chi connectivity index (χ2n) is 7.05. The van der Waals surface area contributed by atoms with Crippen LogP contribution in [0.5, 0.6) is 0 Å². The van der Waals surface area contributed by atoms with Crippen LogP contribution in [0.1, 0.15) is 31.5 Å². The molecule has 2 atom stereocenters. The Kier molecular flexibility index (Phi) is 5.53. The van der Waals surface area contributed by atoms with Gasteiger partial charge in [-0.05, 0) is 12.8 Å². The monoisotopic (exact) mass is 380 g/mol. The van der Waals surface area contributed by atoms with Crippen molar-refractivity contribution in [3.63, 3.8) is 0 Å². The van der Waals surface area contributed by atoms with Crippen LogP contribution in [0, 0.1) is 5.92 Å². The van der Waals surface area contributed by atoms with Crippen molar-refractivity contribution < 1.29 is 18.0 Å². The molecule has 1 fully saturated rings. The van der Waals surface area contributed by atoms with Gasteiger partial charge in [-0.3, -0.25) is 4.79 Å². The Morgan fingerprint density at radius 3 is 2.52 bits per heavy atom. The molecular formula is C19H23F3N4O. The first-order chi connectivity index (χ1) is 12.8. The number of hydrogen-bond acceptors (Lipinski definition) is 3. The molecule has 1 aliphatic rings. The zero-order valence-corrected chi connectivity index (χ0v) is 15.4. The Labute approximate surface area is 156 Å². The minimum Gasteiger partial charge on any atom is -0.342 e. The summed E-state index contributed by atoms with van der Waals surface area (Å²) >= 11 is 0. The highest BCUT2D eigenvalue weighted by molar-refractivity contribution is 5.78. The highest BCUT2D eigenvalue weighted by Crippen LogP contribution is 2.39. The number of nitrogens with zero attached hydrogens (tertiary/aromatic N) is 4. The van der Waals surface area contributed by atoms with Gasteiger partial charge in [-0.25, -0.2) is 0 Å². The summed E-state index contributed by atoms with van der Waals surface area (Å²) in [5, 5.41) is 8.20. The average molecular weight is 380 g/mol. The number of carbonyl (C=O) groups excluding carboxylic acids is 1. The van der Waals surface area contributed by atoms with Crippen LogP contribution in [0.3, 0.4) is 0 Å². The molecule has 0 aliphatic heterocycles. The maximum absolute atomic E-state index is 13.3. The summed E-state index contributed by atoms with van der Waals surface area (Å²) < 4.78 is 41.7. The summed E-state index contributed by atoms with van der Waals surface area (Å²) in [4.78, 5) is 13.9. The van der Waals surface area contributed by atoms with Crippen molar-refractivity contribution in [2.24, 2.45) is 13.0 Å². The Balaban J connectivity index is 1.74. The third kappa shape index (κ3) is 4.14. The molecule has 3 rings (SSSR count). The number of carbonyl (C=O) groups is 1. The number of benzene rings is 1.